The Labute approximate surface area is 147 Å². The molecule has 1 aliphatic heterocycles. The van der Waals surface area contributed by atoms with Crippen molar-refractivity contribution in [3.8, 4) is 0 Å². The van der Waals surface area contributed by atoms with Gasteiger partial charge in [-0.05, 0) is 37.3 Å². The quantitative estimate of drug-likeness (QED) is 0.774. The van der Waals surface area contributed by atoms with Gasteiger partial charge >= 0.3 is 0 Å². The number of hydrogen-bond donors (Lipinski definition) is 1. The number of fused-ring (bicyclic) bond motifs is 1. The van der Waals surface area contributed by atoms with E-state index in [2.05, 4.69) is 10.2 Å². The molecule has 0 bridgehead atoms. The van der Waals surface area contributed by atoms with Crippen molar-refractivity contribution in [2.45, 2.75) is 6.92 Å². The van der Waals surface area contributed by atoms with Crippen LogP contribution in [0, 0.1) is 6.92 Å². The van der Waals surface area contributed by atoms with Gasteiger partial charge in [-0.25, -0.2) is 4.98 Å². The van der Waals surface area contributed by atoms with Gasteiger partial charge in [-0.3, -0.25) is 4.79 Å². The number of nitrogens with one attached hydrogen (secondary N) is 1. The number of carbonyl (C=O) groups is 1. The molecule has 0 spiro atoms. The monoisotopic (exact) mass is 359 g/mol. The Morgan fingerprint density at radius 2 is 2.04 bits per heavy atom. The topological polar surface area (TPSA) is 54.5 Å². The summed E-state index contributed by atoms with van der Waals surface area (Å²) in [7, 11) is 0. The number of benzene rings is 1. The molecule has 5 nitrogen and oxygen atoms in total. The minimum absolute atomic E-state index is 0.0645. The maximum atomic E-state index is 12.3. The second kappa shape index (κ2) is 6.51. The highest BCUT2D eigenvalue weighted by Crippen LogP contribution is 2.31. The molecule has 0 saturated carbocycles. The van der Waals surface area contributed by atoms with Crippen molar-refractivity contribution < 1.29 is 9.53 Å². The predicted molar refractivity (Wildman–Crippen MR) is 99.7 cm³/mol. The standard InChI is InChI=1S/C17H17N3O2S2/c1-11-2-5-14(23-11)16(21)18-12-3-4-13-15(10-12)24-17(19-13)20-6-8-22-9-7-20/h2-5,10H,6-9H2,1H3,(H,18,21). The zero-order chi connectivity index (χ0) is 16.5. The average molecular weight is 359 g/mol. The molecule has 0 atom stereocenters. The van der Waals surface area contributed by atoms with Crippen LogP contribution in [0.15, 0.2) is 30.3 Å². The van der Waals surface area contributed by atoms with Crippen molar-refractivity contribution >= 4 is 49.6 Å². The Morgan fingerprint density at radius 3 is 2.79 bits per heavy atom. The van der Waals surface area contributed by atoms with Crippen LogP contribution >= 0.6 is 22.7 Å². The molecule has 1 aliphatic rings. The maximum absolute atomic E-state index is 12.3. The maximum Gasteiger partial charge on any atom is 0.265 e. The Bertz CT molecular complexity index is 881. The largest absolute Gasteiger partial charge is 0.378 e. The van der Waals surface area contributed by atoms with E-state index in [4.69, 9.17) is 9.72 Å². The summed E-state index contributed by atoms with van der Waals surface area (Å²) in [4.78, 5) is 21.1. The molecule has 1 amide bonds. The number of carbonyl (C=O) groups excluding carboxylic acids is 1. The number of ether oxygens (including phenoxy) is 1. The number of anilines is 2. The lowest BCUT2D eigenvalue weighted by molar-refractivity contribution is 0.103. The zero-order valence-electron chi connectivity index (χ0n) is 13.2. The molecule has 0 radical (unpaired) electrons. The van der Waals surface area contributed by atoms with E-state index in [0.29, 0.717) is 0 Å². The van der Waals surface area contributed by atoms with Crippen molar-refractivity contribution in [3.63, 3.8) is 0 Å². The van der Waals surface area contributed by atoms with Gasteiger partial charge in [0, 0.05) is 23.7 Å². The molecule has 24 heavy (non-hydrogen) atoms. The number of amides is 1. The van der Waals surface area contributed by atoms with E-state index in [1.165, 1.54) is 11.3 Å². The van der Waals surface area contributed by atoms with Crippen molar-refractivity contribution in [2.75, 3.05) is 36.5 Å². The van der Waals surface area contributed by atoms with Gasteiger partial charge < -0.3 is 15.0 Å². The zero-order valence-corrected chi connectivity index (χ0v) is 14.9. The van der Waals surface area contributed by atoms with E-state index >= 15 is 0 Å². The van der Waals surface area contributed by atoms with Crippen molar-refractivity contribution in [3.05, 3.63) is 40.1 Å². The minimum atomic E-state index is -0.0645. The van der Waals surface area contributed by atoms with E-state index in [9.17, 15) is 4.79 Å². The van der Waals surface area contributed by atoms with Crippen LogP contribution in [-0.2, 0) is 4.74 Å². The molecule has 2 aromatic heterocycles. The predicted octanol–water partition coefficient (Wildman–Crippen LogP) is 3.76. The first-order valence-electron chi connectivity index (χ1n) is 7.80. The van der Waals surface area contributed by atoms with Crippen LogP contribution in [0.5, 0.6) is 0 Å². The Morgan fingerprint density at radius 1 is 1.21 bits per heavy atom. The molecular formula is C17H17N3O2S2. The molecule has 1 N–H and O–H groups in total. The molecule has 3 aromatic rings. The summed E-state index contributed by atoms with van der Waals surface area (Å²) in [5, 5.41) is 3.99. The van der Waals surface area contributed by atoms with Crippen molar-refractivity contribution in [1.82, 2.24) is 4.98 Å². The SMILES string of the molecule is Cc1ccc(C(=O)Nc2ccc3nc(N4CCOCC4)sc3c2)s1. The number of morpholine rings is 1. The lowest BCUT2D eigenvalue weighted by Crippen LogP contribution is -2.36. The van der Waals surface area contributed by atoms with Gasteiger partial charge in [-0.1, -0.05) is 11.3 Å². The number of rotatable bonds is 3. The number of aryl methyl sites for hydroxylation is 1. The lowest BCUT2D eigenvalue weighted by atomic mass is 10.3. The summed E-state index contributed by atoms with van der Waals surface area (Å²) in [6.45, 7) is 5.25. The summed E-state index contributed by atoms with van der Waals surface area (Å²) in [6.07, 6.45) is 0. The first kappa shape index (κ1) is 15.6. The smallest absolute Gasteiger partial charge is 0.265 e. The van der Waals surface area contributed by atoms with E-state index in [0.717, 1.165) is 57.1 Å². The Hall–Kier alpha value is -1.96. The fraction of sp³-hybridized carbons (Fsp3) is 0.294. The van der Waals surface area contributed by atoms with Gasteiger partial charge in [-0.15, -0.1) is 11.3 Å². The van der Waals surface area contributed by atoms with E-state index in [-0.39, 0.29) is 5.91 Å². The molecule has 4 rings (SSSR count). The molecule has 1 fully saturated rings. The van der Waals surface area contributed by atoms with Crippen LogP contribution in [0.25, 0.3) is 10.2 Å². The Kier molecular flexibility index (Phi) is 4.22. The first-order chi connectivity index (χ1) is 11.7. The van der Waals surface area contributed by atoms with Gasteiger partial charge in [0.25, 0.3) is 5.91 Å². The minimum Gasteiger partial charge on any atom is -0.378 e. The summed E-state index contributed by atoms with van der Waals surface area (Å²) < 4.78 is 6.47. The normalized spacial score (nSPS) is 15.0. The summed E-state index contributed by atoms with van der Waals surface area (Å²) in [6, 6.07) is 9.68. The summed E-state index contributed by atoms with van der Waals surface area (Å²) >= 11 is 3.16. The molecule has 1 saturated heterocycles. The first-order valence-corrected chi connectivity index (χ1v) is 9.43. The second-order valence-electron chi connectivity index (χ2n) is 5.64. The van der Waals surface area contributed by atoms with Gasteiger partial charge in [0.15, 0.2) is 5.13 Å². The van der Waals surface area contributed by atoms with E-state index in [1.54, 1.807) is 11.3 Å². The van der Waals surface area contributed by atoms with Crippen LogP contribution in [0.1, 0.15) is 14.5 Å². The molecule has 124 valence electrons. The van der Waals surface area contributed by atoms with Crippen molar-refractivity contribution in [1.29, 1.82) is 0 Å². The fourth-order valence-electron chi connectivity index (χ4n) is 2.63. The number of aromatic nitrogens is 1. The summed E-state index contributed by atoms with van der Waals surface area (Å²) in [5.74, 6) is -0.0645. The average Bonchev–Trinajstić information content (AvgIpc) is 3.21. The highest BCUT2D eigenvalue weighted by atomic mass is 32.1. The van der Waals surface area contributed by atoms with Crippen LogP contribution in [0.2, 0.25) is 0 Å². The highest BCUT2D eigenvalue weighted by Gasteiger charge is 2.16. The van der Waals surface area contributed by atoms with Crippen LogP contribution < -0.4 is 10.2 Å². The second-order valence-corrected chi connectivity index (χ2v) is 7.94. The molecule has 7 heteroatoms. The van der Waals surface area contributed by atoms with Gasteiger partial charge in [-0.2, -0.15) is 0 Å². The molecule has 3 heterocycles. The van der Waals surface area contributed by atoms with Crippen LogP contribution in [0.3, 0.4) is 0 Å². The van der Waals surface area contributed by atoms with E-state index in [1.807, 2.05) is 37.3 Å². The third-order valence-corrected chi connectivity index (χ3v) is 5.96. The third kappa shape index (κ3) is 3.15. The van der Waals surface area contributed by atoms with Gasteiger partial charge in [0.1, 0.15) is 0 Å². The number of hydrogen-bond acceptors (Lipinski definition) is 6. The highest BCUT2D eigenvalue weighted by molar-refractivity contribution is 7.22. The number of thiazole rings is 1. The van der Waals surface area contributed by atoms with Crippen molar-refractivity contribution in [2.24, 2.45) is 0 Å². The molecule has 0 aliphatic carbocycles. The summed E-state index contributed by atoms with van der Waals surface area (Å²) in [5.41, 5.74) is 1.77. The number of nitrogens with zero attached hydrogens (tertiary/aromatic N) is 2. The number of thiophene rings is 1. The fourth-order valence-corrected chi connectivity index (χ4v) is 4.45. The molecule has 1 aromatic carbocycles. The molecular weight excluding hydrogens is 342 g/mol. The lowest BCUT2D eigenvalue weighted by Gasteiger charge is -2.25. The third-order valence-electron chi connectivity index (χ3n) is 3.88. The van der Waals surface area contributed by atoms with E-state index < -0.39 is 0 Å². The van der Waals surface area contributed by atoms with Crippen LogP contribution in [0.4, 0.5) is 10.8 Å². The van der Waals surface area contributed by atoms with Crippen LogP contribution in [-0.4, -0.2) is 37.2 Å². The van der Waals surface area contributed by atoms with Gasteiger partial charge in [0.05, 0.1) is 28.3 Å². The molecule has 0 unspecified atom stereocenters. The Balaban J connectivity index is 1.55. The van der Waals surface area contributed by atoms with Gasteiger partial charge in [0.2, 0.25) is 0 Å².